The smallest absolute Gasteiger partial charge is 0.337 e. The van der Waals surface area contributed by atoms with Crippen LogP contribution in [0.2, 0.25) is 5.02 Å². The second-order valence-corrected chi connectivity index (χ2v) is 8.57. The maximum Gasteiger partial charge on any atom is 0.337 e. The fourth-order valence-electron chi connectivity index (χ4n) is 3.84. The van der Waals surface area contributed by atoms with Gasteiger partial charge in [-0.05, 0) is 68.5 Å². The lowest BCUT2D eigenvalue weighted by Gasteiger charge is -2.45. The van der Waals surface area contributed by atoms with Crippen LogP contribution in [0.25, 0.3) is 0 Å². The van der Waals surface area contributed by atoms with Crippen molar-refractivity contribution in [3.05, 3.63) is 57.6 Å². The van der Waals surface area contributed by atoms with E-state index in [-0.39, 0.29) is 11.5 Å². The molecule has 1 atom stereocenters. The van der Waals surface area contributed by atoms with Crippen LogP contribution in [0.3, 0.4) is 0 Å². The molecule has 0 fully saturated rings. The molecule has 0 spiro atoms. The molecule has 0 radical (unpaired) electrons. The number of halogens is 1. The van der Waals surface area contributed by atoms with Gasteiger partial charge in [0.15, 0.2) is 0 Å². The monoisotopic (exact) mass is 398 g/mol. The number of esters is 1. The molecule has 0 N–H and O–H groups in total. The predicted molar refractivity (Wildman–Crippen MR) is 117 cm³/mol. The molecule has 1 aliphatic rings. The summed E-state index contributed by atoms with van der Waals surface area (Å²) >= 11 is 6.59. The molecule has 2 aromatic rings. The van der Waals surface area contributed by atoms with E-state index >= 15 is 0 Å². The summed E-state index contributed by atoms with van der Waals surface area (Å²) in [6, 6.07) is 9.52. The van der Waals surface area contributed by atoms with E-state index in [4.69, 9.17) is 16.3 Å². The molecule has 4 nitrogen and oxygen atoms in total. The number of nitrogens with zero attached hydrogens (tertiary/aromatic N) is 2. The van der Waals surface area contributed by atoms with E-state index in [1.165, 1.54) is 18.4 Å². The summed E-state index contributed by atoms with van der Waals surface area (Å²) in [5.41, 5.74) is 5.62. The summed E-state index contributed by atoms with van der Waals surface area (Å²) in [6.45, 7) is 8.73. The summed E-state index contributed by atoms with van der Waals surface area (Å²) in [5, 5.41) is 0.668. The van der Waals surface area contributed by atoms with Crippen LogP contribution in [-0.2, 0) is 4.74 Å². The van der Waals surface area contributed by atoms with Crippen LogP contribution in [-0.4, -0.2) is 31.9 Å². The Bertz CT molecular complexity index is 950. The SMILES string of the molecule is COC(=O)c1ccc(C)c(N=Cc2cc3c(cc2Cl)N(C)C(C)(C)CC3C)c1. The predicted octanol–water partition coefficient (Wildman–Crippen LogP) is 5.91. The molecular formula is C23H27ClN2O2. The number of fused-ring (bicyclic) bond motifs is 1. The Morgan fingerprint density at radius 2 is 2.04 bits per heavy atom. The van der Waals surface area contributed by atoms with Gasteiger partial charge in [-0.15, -0.1) is 0 Å². The van der Waals surface area contributed by atoms with Gasteiger partial charge in [0, 0.05) is 30.1 Å². The molecule has 28 heavy (non-hydrogen) atoms. The Balaban J connectivity index is 1.99. The number of ether oxygens (including phenoxy) is 1. The topological polar surface area (TPSA) is 41.9 Å². The van der Waals surface area contributed by atoms with Gasteiger partial charge in [0.2, 0.25) is 0 Å². The number of aliphatic imine (C=N–C) groups is 1. The van der Waals surface area contributed by atoms with Crippen molar-refractivity contribution < 1.29 is 9.53 Å². The van der Waals surface area contributed by atoms with E-state index in [1.807, 2.05) is 19.1 Å². The highest BCUT2D eigenvalue weighted by Gasteiger charge is 2.34. The average molecular weight is 399 g/mol. The van der Waals surface area contributed by atoms with E-state index < -0.39 is 0 Å². The lowest BCUT2D eigenvalue weighted by atomic mass is 9.80. The number of carbonyl (C=O) groups excluding carboxylic acids is 1. The van der Waals surface area contributed by atoms with Gasteiger partial charge in [-0.3, -0.25) is 4.99 Å². The summed E-state index contributed by atoms with van der Waals surface area (Å²) < 4.78 is 4.80. The Kier molecular flexibility index (Phi) is 5.53. The van der Waals surface area contributed by atoms with Crippen molar-refractivity contribution in [2.24, 2.45) is 4.99 Å². The third kappa shape index (κ3) is 3.79. The minimum Gasteiger partial charge on any atom is -0.465 e. The molecule has 3 rings (SSSR count). The van der Waals surface area contributed by atoms with Gasteiger partial charge in [-0.25, -0.2) is 4.79 Å². The van der Waals surface area contributed by atoms with Crippen LogP contribution in [0.15, 0.2) is 35.3 Å². The number of carbonyl (C=O) groups is 1. The highest BCUT2D eigenvalue weighted by atomic mass is 35.5. The van der Waals surface area contributed by atoms with Crippen LogP contribution in [0.5, 0.6) is 0 Å². The standard InChI is InChI=1S/C23H27ClN2O2/c1-14-7-8-16(22(27)28-6)10-20(14)25-13-17-9-18-15(2)12-23(3,4)26(5)21(18)11-19(17)24/h7-11,13,15H,12H2,1-6H3. The van der Waals surface area contributed by atoms with Crippen molar-refractivity contribution in [2.75, 3.05) is 19.1 Å². The van der Waals surface area contributed by atoms with Gasteiger partial charge in [-0.2, -0.15) is 0 Å². The first-order valence-electron chi connectivity index (χ1n) is 9.44. The van der Waals surface area contributed by atoms with Crippen molar-refractivity contribution in [1.82, 2.24) is 0 Å². The molecule has 0 amide bonds. The Morgan fingerprint density at radius 3 is 2.71 bits per heavy atom. The molecule has 5 heteroatoms. The van der Waals surface area contributed by atoms with Gasteiger partial charge < -0.3 is 9.64 Å². The second kappa shape index (κ2) is 7.59. The van der Waals surface area contributed by atoms with Gasteiger partial charge in [0.05, 0.1) is 23.4 Å². The summed E-state index contributed by atoms with van der Waals surface area (Å²) in [5.74, 6) is 0.0674. The normalized spacial score (nSPS) is 18.2. The molecule has 1 heterocycles. The zero-order valence-electron chi connectivity index (χ0n) is 17.3. The van der Waals surface area contributed by atoms with E-state index in [2.05, 4.69) is 43.8 Å². The lowest BCUT2D eigenvalue weighted by Crippen LogP contribution is -2.45. The number of aryl methyl sites for hydroxylation is 1. The number of methoxy groups -OCH3 is 1. The number of hydrogen-bond donors (Lipinski definition) is 0. The molecule has 1 aliphatic heterocycles. The number of benzene rings is 2. The molecular weight excluding hydrogens is 372 g/mol. The van der Waals surface area contributed by atoms with E-state index in [0.717, 1.165) is 23.2 Å². The van der Waals surface area contributed by atoms with Crippen LogP contribution in [0.1, 0.15) is 60.2 Å². The Hall–Kier alpha value is -2.33. The van der Waals surface area contributed by atoms with Crippen molar-refractivity contribution >= 4 is 35.2 Å². The minimum atomic E-state index is -0.372. The summed E-state index contributed by atoms with van der Waals surface area (Å²) in [6.07, 6.45) is 2.85. The zero-order chi connectivity index (χ0) is 20.6. The molecule has 0 bridgehead atoms. The fraction of sp³-hybridized carbons (Fsp3) is 0.391. The molecule has 2 aromatic carbocycles. The van der Waals surface area contributed by atoms with Crippen molar-refractivity contribution in [3.8, 4) is 0 Å². The molecule has 0 saturated heterocycles. The highest BCUT2D eigenvalue weighted by Crippen LogP contribution is 2.44. The minimum absolute atomic E-state index is 0.0940. The quantitative estimate of drug-likeness (QED) is 0.477. The average Bonchev–Trinajstić information content (AvgIpc) is 2.65. The van der Waals surface area contributed by atoms with E-state index in [0.29, 0.717) is 16.5 Å². The largest absolute Gasteiger partial charge is 0.465 e. The van der Waals surface area contributed by atoms with Gasteiger partial charge >= 0.3 is 5.97 Å². The number of rotatable bonds is 3. The molecule has 0 aliphatic carbocycles. The second-order valence-electron chi connectivity index (χ2n) is 8.16. The van der Waals surface area contributed by atoms with Crippen LogP contribution < -0.4 is 4.90 Å². The van der Waals surface area contributed by atoms with Crippen LogP contribution in [0, 0.1) is 6.92 Å². The van der Waals surface area contributed by atoms with Crippen molar-refractivity contribution in [2.45, 2.75) is 45.6 Å². The third-order valence-corrected chi connectivity index (χ3v) is 6.05. The maximum atomic E-state index is 11.8. The van der Waals surface area contributed by atoms with Gasteiger partial charge in [0.1, 0.15) is 0 Å². The molecule has 0 saturated carbocycles. The van der Waals surface area contributed by atoms with Crippen molar-refractivity contribution in [3.63, 3.8) is 0 Å². The first kappa shape index (κ1) is 20.4. The highest BCUT2D eigenvalue weighted by molar-refractivity contribution is 6.33. The van der Waals surface area contributed by atoms with E-state index in [9.17, 15) is 4.79 Å². The fourth-order valence-corrected chi connectivity index (χ4v) is 4.04. The first-order chi connectivity index (χ1) is 13.1. The Labute approximate surface area is 172 Å². The molecule has 0 aromatic heterocycles. The Morgan fingerprint density at radius 1 is 1.32 bits per heavy atom. The first-order valence-corrected chi connectivity index (χ1v) is 9.82. The van der Waals surface area contributed by atoms with Crippen molar-refractivity contribution in [1.29, 1.82) is 0 Å². The third-order valence-electron chi connectivity index (χ3n) is 5.72. The van der Waals surface area contributed by atoms with E-state index in [1.54, 1.807) is 18.3 Å². The van der Waals surface area contributed by atoms with Gasteiger partial charge in [0.25, 0.3) is 0 Å². The summed E-state index contributed by atoms with van der Waals surface area (Å²) in [7, 11) is 3.49. The van der Waals surface area contributed by atoms with Gasteiger partial charge in [-0.1, -0.05) is 24.6 Å². The maximum absolute atomic E-state index is 11.8. The molecule has 148 valence electrons. The number of hydrogen-bond acceptors (Lipinski definition) is 4. The van der Waals surface area contributed by atoms with Crippen LogP contribution >= 0.6 is 11.6 Å². The zero-order valence-corrected chi connectivity index (χ0v) is 18.1. The summed E-state index contributed by atoms with van der Waals surface area (Å²) in [4.78, 5) is 18.7. The molecule has 1 unspecified atom stereocenters. The van der Waals surface area contributed by atoms with Crippen LogP contribution in [0.4, 0.5) is 11.4 Å². The number of anilines is 1. The lowest BCUT2D eigenvalue weighted by molar-refractivity contribution is 0.0601.